The molecule has 1 aromatic carbocycles. The van der Waals surface area contributed by atoms with Crippen molar-refractivity contribution in [2.45, 2.75) is 26.3 Å². The molecule has 0 atom stereocenters. The van der Waals surface area contributed by atoms with E-state index in [2.05, 4.69) is 10.6 Å². The Bertz CT molecular complexity index is 568. The van der Waals surface area contributed by atoms with Crippen LogP contribution in [0, 0.1) is 17.0 Å². The molecule has 0 aliphatic carbocycles. The highest BCUT2D eigenvalue weighted by molar-refractivity contribution is 5.93. The second-order valence-electron chi connectivity index (χ2n) is 4.77. The zero-order valence-electron chi connectivity index (χ0n) is 11.3. The van der Waals surface area contributed by atoms with E-state index in [9.17, 15) is 19.7 Å². The fourth-order valence-electron chi connectivity index (χ4n) is 1.44. The number of amides is 2. The lowest BCUT2D eigenvalue weighted by Crippen LogP contribution is -2.51. The highest BCUT2D eigenvalue weighted by Gasteiger charge is 2.28. The normalized spacial score (nSPS) is 10.8. The predicted molar refractivity (Wildman–Crippen MR) is 71.7 cm³/mol. The summed E-state index contributed by atoms with van der Waals surface area (Å²) in [6.45, 7) is 4.23. The Labute approximate surface area is 114 Å². The Balaban J connectivity index is 2.80. The van der Waals surface area contributed by atoms with Crippen molar-refractivity contribution in [1.29, 1.82) is 0 Å². The summed E-state index contributed by atoms with van der Waals surface area (Å²) >= 11 is 0. The first-order valence-electron chi connectivity index (χ1n) is 5.71. The van der Waals surface area contributed by atoms with Crippen molar-refractivity contribution in [1.82, 2.24) is 5.32 Å². The van der Waals surface area contributed by atoms with Crippen molar-refractivity contribution < 1.29 is 19.6 Å². The summed E-state index contributed by atoms with van der Waals surface area (Å²) in [5, 5.41) is 24.2. The van der Waals surface area contributed by atoms with E-state index >= 15 is 0 Å². The number of nitro groups is 1. The minimum absolute atomic E-state index is 0.0539. The first kappa shape index (κ1) is 15.4. The molecular weight excluding hydrogens is 266 g/mol. The van der Waals surface area contributed by atoms with Crippen LogP contribution in [-0.2, 0) is 4.79 Å². The number of aliphatic carboxylic acids is 1. The van der Waals surface area contributed by atoms with Gasteiger partial charge in [0.1, 0.15) is 5.54 Å². The maximum absolute atomic E-state index is 11.6. The smallest absolute Gasteiger partial charge is 0.328 e. The van der Waals surface area contributed by atoms with E-state index in [1.165, 1.54) is 32.0 Å². The minimum Gasteiger partial charge on any atom is -0.480 e. The molecule has 0 saturated heterocycles. The lowest BCUT2D eigenvalue weighted by Gasteiger charge is -2.21. The summed E-state index contributed by atoms with van der Waals surface area (Å²) in [4.78, 5) is 32.6. The van der Waals surface area contributed by atoms with Crippen LogP contribution in [0.1, 0.15) is 19.4 Å². The van der Waals surface area contributed by atoms with Crippen LogP contribution in [0.25, 0.3) is 0 Å². The molecule has 108 valence electrons. The number of carbonyl (C=O) groups excluding carboxylic acids is 1. The summed E-state index contributed by atoms with van der Waals surface area (Å²) < 4.78 is 0. The van der Waals surface area contributed by atoms with E-state index in [0.29, 0.717) is 11.3 Å². The van der Waals surface area contributed by atoms with Crippen LogP contribution in [0.2, 0.25) is 0 Å². The maximum Gasteiger partial charge on any atom is 0.328 e. The second-order valence-corrected chi connectivity index (χ2v) is 4.77. The third-order valence-corrected chi connectivity index (χ3v) is 2.61. The lowest BCUT2D eigenvalue weighted by atomic mass is 10.1. The number of urea groups is 1. The number of nitrogens with one attached hydrogen (secondary N) is 2. The van der Waals surface area contributed by atoms with Crippen LogP contribution >= 0.6 is 0 Å². The molecular formula is C12H15N3O5. The number of nitro benzene ring substituents is 1. The van der Waals surface area contributed by atoms with Crippen molar-refractivity contribution in [3.05, 3.63) is 33.9 Å². The van der Waals surface area contributed by atoms with E-state index in [-0.39, 0.29) is 5.69 Å². The molecule has 0 aliphatic rings. The number of carbonyl (C=O) groups is 2. The van der Waals surface area contributed by atoms with Crippen molar-refractivity contribution in [3.8, 4) is 0 Å². The fourth-order valence-corrected chi connectivity index (χ4v) is 1.44. The minimum atomic E-state index is -1.42. The molecule has 8 heteroatoms. The quantitative estimate of drug-likeness (QED) is 0.574. The van der Waals surface area contributed by atoms with Crippen molar-refractivity contribution >= 4 is 23.4 Å². The largest absolute Gasteiger partial charge is 0.480 e. The zero-order chi connectivity index (χ0) is 15.5. The van der Waals surface area contributed by atoms with Gasteiger partial charge in [-0.05, 0) is 32.9 Å². The predicted octanol–water partition coefficient (Wildman–Crippen LogP) is 1.89. The molecule has 0 fully saturated rings. The van der Waals surface area contributed by atoms with Gasteiger partial charge in [0.05, 0.1) is 4.92 Å². The standard InChI is InChI=1S/C12H15N3O5/c1-7-6-8(4-5-9(7)15(19)20)13-11(18)14-12(2,3)10(16)17/h4-6H,1-3H3,(H,16,17)(H2,13,14,18). The van der Waals surface area contributed by atoms with Gasteiger partial charge < -0.3 is 15.7 Å². The Kier molecular flexibility index (Phi) is 4.28. The number of hydrogen-bond acceptors (Lipinski definition) is 4. The number of hydrogen-bond donors (Lipinski definition) is 3. The number of nitrogens with zero attached hydrogens (tertiary/aromatic N) is 1. The SMILES string of the molecule is Cc1cc(NC(=O)NC(C)(C)C(=O)O)ccc1[N+](=O)[O-]. The van der Waals surface area contributed by atoms with Gasteiger partial charge in [0.2, 0.25) is 0 Å². The summed E-state index contributed by atoms with van der Waals surface area (Å²) in [6, 6.07) is 3.38. The van der Waals surface area contributed by atoms with Gasteiger partial charge in [0.25, 0.3) is 5.69 Å². The molecule has 8 nitrogen and oxygen atoms in total. The van der Waals surface area contributed by atoms with Gasteiger partial charge in [-0.25, -0.2) is 9.59 Å². The lowest BCUT2D eigenvalue weighted by molar-refractivity contribution is -0.385. The van der Waals surface area contributed by atoms with E-state index in [1.807, 2.05) is 0 Å². The second kappa shape index (κ2) is 5.55. The van der Waals surface area contributed by atoms with Crippen molar-refractivity contribution in [2.75, 3.05) is 5.32 Å². The third-order valence-electron chi connectivity index (χ3n) is 2.61. The van der Waals surface area contributed by atoms with Crippen molar-refractivity contribution in [3.63, 3.8) is 0 Å². The first-order chi connectivity index (χ1) is 9.13. The molecule has 1 aromatic rings. The van der Waals surface area contributed by atoms with Crippen LogP contribution in [0.15, 0.2) is 18.2 Å². The van der Waals surface area contributed by atoms with Crippen LogP contribution < -0.4 is 10.6 Å². The monoisotopic (exact) mass is 281 g/mol. The summed E-state index contributed by atoms with van der Waals surface area (Å²) in [5.74, 6) is -1.17. The average Bonchev–Trinajstić information content (AvgIpc) is 2.26. The Morgan fingerprint density at radius 1 is 1.35 bits per heavy atom. The summed E-state index contributed by atoms with van der Waals surface area (Å²) in [5.41, 5.74) is -0.737. The van der Waals surface area contributed by atoms with E-state index < -0.39 is 22.5 Å². The average molecular weight is 281 g/mol. The number of benzene rings is 1. The number of aryl methyl sites for hydroxylation is 1. The van der Waals surface area contributed by atoms with E-state index in [0.717, 1.165) is 0 Å². The molecule has 0 unspecified atom stereocenters. The van der Waals surface area contributed by atoms with Gasteiger partial charge in [0.15, 0.2) is 0 Å². The van der Waals surface area contributed by atoms with Crippen LogP contribution in [0.5, 0.6) is 0 Å². The Morgan fingerprint density at radius 3 is 2.40 bits per heavy atom. The van der Waals surface area contributed by atoms with E-state index in [4.69, 9.17) is 5.11 Å². The topological polar surface area (TPSA) is 122 Å². The third kappa shape index (κ3) is 3.67. The number of rotatable bonds is 4. The molecule has 3 N–H and O–H groups in total. The molecule has 1 rings (SSSR count). The molecule has 0 heterocycles. The van der Waals surface area contributed by atoms with Gasteiger partial charge in [-0.2, -0.15) is 0 Å². The maximum atomic E-state index is 11.6. The van der Waals surface area contributed by atoms with Crippen LogP contribution in [0.3, 0.4) is 0 Å². The van der Waals surface area contributed by atoms with Gasteiger partial charge in [-0.1, -0.05) is 0 Å². The van der Waals surface area contributed by atoms with Gasteiger partial charge >= 0.3 is 12.0 Å². The van der Waals surface area contributed by atoms with Gasteiger partial charge in [-0.3, -0.25) is 10.1 Å². The molecule has 2 amide bonds. The molecule has 0 spiro atoms. The molecule has 20 heavy (non-hydrogen) atoms. The fraction of sp³-hybridized carbons (Fsp3) is 0.333. The summed E-state index contributed by atoms with van der Waals surface area (Å²) in [7, 11) is 0. The summed E-state index contributed by atoms with van der Waals surface area (Å²) in [6.07, 6.45) is 0. The number of anilines is 1. The molecule has 0 aliphatic heterocycles. The molecule has 0 aromatic heterocycles. The Hall–Kier alpha value is -2.64. The van der Waals surface area contributed by atoms with Crippen LogP contribution in [0.4, 0.5) is 16.2 Å². The zero-order valence-corrected chi connectivity index (χ0v) is 11.3. The van der Waals surface area contributed by atoms with Gasteiger partial charge in [-0.15, -0.1) is 0 Å². The number of carboxylic acid groups (broad SMARTS) is 1. The van der Waals surface area contributed by atoms with E-state index in [1.54, 1.807) is 6.92 Å². The molecule has 0 saturated carbocycles. The first-order valence-corrected chi connectivity index (χ1v) is 5.71. The highest BCUT2D eigenvalue weighted by atomic mass is 16.6. The van der Waals surface area contributed by atoms with Crippen molar-refractivity contribution in [2.24, 2.45) is 0 Å². The van der Waals surface area contributed by atoms with Gasteiger partial charge in [0, 0.05) is 17.3 Å². The molecule has 0 bridgehead atoms. The molecule has 0 radical (unpaired) electrons. The Morgan fingerprint density at radius 2 is 1.95 bits per heavy atom. The number of carboxylic acids is 1. The van der Waals surface area contributed by atoms with Crippen LogP contribution in [-0.4, -0.2) is 27.6 Å². The highest BCUT2D eigenvalue weighted by Crippen LogP contribution is 2.21.